The van der Waals surface area contributed by atoms with E-state index >= 15 is 0 Å². The Balaban J connectivity index is 1.55. The van der Waals surface area contributed by atoms with Gasteiger partial charge < -0.3 is 9.47 Å². The molecule has 1 aliphatic carbocycles. The van der Waals surface area contributed by atoms with Gasteiger partial charge in [-0.05, 0) is 55.6 Å². The molecule has 2 fully saturated rings. The molecule has 1 aliphatic heterocycles. The number of rotatable bonds is 8. The van der Waals surface area contributed by atoms with Gasteiger partial charge in [0.1, 0.15) is 12.8 Å². The van der Waals surface area contributed by atoms with Crippen LogP contribution >= 0.6 is 0 Å². The summed E-state index contributed by atoms with van der Waals surface area (Å²) in [5.74, 6) is -2.48. The molecular weight excluding hydrogens is 396 g/mol. The Morgan fingerprint density at radius 1 is 1.03 bits per heavy atom. The first-order chi connectivity index (χ1) is 14.4. The molecule has 0 amide bonds. The van der Waals surface area contributed by atoms with Crippen LogP contribution in [-0.2, 0) is 4.74 Å². The summed E-state index contributed by atoms with van der Waals surface area (Å²) < 4.78 is 68.8. The van der Waals surface area contributed by atoms with Crippen molar-refractivity contribution in [2.75, 3.05) is 13.2 Å². The van der Waals surface area contributed by atoms with E-state index in [0.717, 1.165) is 38.5 Å². The van der Waals surface area contributed by atoms with Crippen LogP contribution in [0.5, 0.6) is 5.75 Å². The van der Waals surface area contributed by atoms with Crippen molar-refractivity contribution in [2.45, 2.75) is 89.6 Å². The maximum atomic E-state index is 14.6. The maximum Gasteiger partial charge on any atom is 0.200 e. The lowest BCUT2D eigenvalue weighted by atomic mass is 9.80. The number of hydrogen-bond acceptors (Lipinski definition) is 2. The SMILES string of the molecule is CCCC1CCC(c2ccc(OCC(F)C(F)C3CCC(C)CC3)c(F)c2F)CO1. The summed E-state index contributed by atoms with van der Waals surface area (Å²) in [7, 11) is 0. The van der Waals surface area contributed by atoms with E-state index in [1.807, 2.05) is 0 Å². The first-order valence-corrected chi connectivity index (χ1v) is 11.4. The van der Waals surface area contributed by atoms with Gasteiger partial charge in [-0.2, -0.15) is 4.39 Å². The fourth-order valence-corrected chi connectivity index (χ4v) is 4.74. The highest BCUT2D eigenvalue weighted by molar-refractivity contribution is 5.33. The standard InChI is InChI=1S/C24H34F4O2/c1-3-4-18-10-9-17(13-29-18)19-11-12-21(24(28)23(19)27)30-14-20(25)22(26)16-7-5-15(2)6-8-16/h11-12,15-18,20,22H,3-10,13-14H2,1-2H3. The molecule has 0 spiro atoms. The van der Waals surface area contributed by atoms with Gasteiger partial charge in [0.15, 0.2) is 17.7 Å². The molecule has 4 unspecified atom stereocenters. The number of ether oxygens (including phenoxy) is 2. The molecule has 30 heavy (non-hydrogen) atoms. The smallest absolute Gasteiger partial charge is 0.200 e. The van der Waals surface area contributed by atoms with Crippen LogP contribution < -0.4 is 4.74 Å². The molecule has 6 heteroatoms. The lowest BCUT2D eigenvalue weighted by Gasteiger charge is -2.30. The molecule has 1 heterocycles. The van der Waals surface area contributed by atoms with Crippen LogP contribution in [0, 0.1) is 23.5 Å². The Morgan fingerprint density at radius 2 is 1.77 bits per heavy atom. The summed E-state index contributed by atoms with van der Waals surface area (Å²) in [6.45, 7) is 3.95. The molecule has 1 saturated heterocycles. The minimum absolute atomic E-state index is 0.185. The fourth-order valence-electron chi connectivity index (χ4n) is 4.74. The Kier molecular flexibility index (Phi) is 8.44. The van der Waals surface area contributed by atoms with Crippen LogP contribution in [0.2, 0.25) is 0 Å². The van der Waals surface area contributed by atoms with Crippen molar-refractivity contribution in [3.63, 3.8) is 0 Å². The number of benzene rings is 1. The molecular formula is C24H34F4O2. The van der Waals surface area contributed by atoms with Gasteiger partial charge in [0, 0.05) is 5.92 Å². The monoisotopic (exact) mass is 430 g/mol. The summed E-state index contributed by atoms with van der Waals surface area (Å²) in [6.07, 6.45) is 3.34. The summed E-state index contributed by atoms with van der Waals surface area (Å²) >= 11 is 0. The number of hydrogen-bond donors (Lipinski definition) is 0. The Hall–Kier alpha value is -1.30. The summed E-state index contributed by atoms with van der Waals surface area (Å²) in [5.41, 5.74) is 0.256. The second-order valence-corrected chi connectivity index (χ2v) is 9.09. The molecule has 1 aromatic carbocycles. The number of halogens is 4. The van der Waals surface area contributed by atoms with Crippen LogP contribution in [0.3, 0.4) is 0 Å². The van der Waals surface area contributed by atoms with Crippen LogP contribution in [0.1, 0.15) is 76.7 Å². The molecule has 1 saturated carbocycles. The highest BCUT2D eigenvalue weighted by atomic mass is 19.2. The first kappa shape index (κ1) is 23.4. The second-order valence-electron chi connectivity index (χ2n) is 9.09. The van der Waals surface area contributed by atoms with E-state index in [1.165, 1.54) is 12.1 Å². The van der Waals surface area contributed by atoms with Crippen LogP contribution in [0.15, 0.2) is 12.1 Å². The Labute approximate surface area is 177 Å². The van der Waals surface area contributed by atoms with Gasteiger partial charge in [0.05, 0.1) is 12.7 Å². The normalized spacial score (nSPS) is 29.4. The molecule has 0 bridgehead atoms. The van der Waals surface area contributed by atoms with Crippen molar-refractivity contribution in [2.24, 2.45) is 11.8 Å². The summed E-state index contributed by atoms with van der Waals surface area (Å²) in [4.78, 5) is 0. The average molecular weight is 431 g/mol. The molecule has 0 N–H and O–H groups in total. The van der Waals surface area contributed by atoms with Gasteiger partial charge in [-0.15, -0.1) is 0 Å². The molecule has 2 nitrogen and oxygen atoms in total. The largest absolute Gasteiger partial charge is 0.487 e. The van der Waals surface area contributed by atoms with Crippen molar-refractivity contribution in [3.05, 3.63) is 29.3 Å². The number of alkyl halides is 2. The van der Waals surface area contributed by atoms with Gasteiger partial charge in [0.25, 0.3) is 0 Å². The highest BCUT2D eigenvalue weighted by Crippen LogP contribution is 2.36. The average Bonchev–Trinajstić information content (AvgIpc) is 2.75. The minimum atomic E-state index is -1.85. The lowest BCUT2D eigenvalue weighted by molar-refractivity contribution is -0.00186. The third-order valence-electron chi connectivity index (χ3n) is 6.75. The predicted octanol–water partition coefficient (Wildman–Crippen LogP) is 6.91. The molecule has 3 rings (SSSR count). The van der Waals surface area contributed by atoms with E-state index in [-0.39, 0.29) is 29.3 Å². The summed E-state index contributed by atoms with van der Waals surface area (Å²) in [6, 6.07) is 2.79. The molecule has 0 aromatic heterocycles. The van der Waals surface area contributed by atoms with Crippen LogP contribution in [-0.4, -0.2) is 31.7 Å². The van der Waals surface area contributed by atoms with Crippen molar-refractivity contribution in [3.8, 4) is 5.75 Å². The molecule has 170 valence electrons. The Morgan fingerprint density at radius 3 is 2.40 bits per heavy atom. The van der Waals surface area contributed by atoms with Crippen molar-refractivity contribution in [1.29, 1.82) is 0 Å². The Bertz CT molecular complexity index is 667. The van der Waals surface area contributed by atoms with E-state index in [2.05, 4.69) is 13.8 Å². The van der Waals surface area contributed by atoms with Crippen molar-refractivity contribution in [1.82, 2.24) is 0 Å². The maximum absolute atomic E-state index is 14.6. The zero-order valence-electron chi connectivity index (χ0n) is 18.0. The van der Waals surface area contributed by atoms with Crippen molar-refractivity contribution >= 4 is 0 Å². The zero-order chi connectivity index (χ0) is 21.7. The first-order valence-electron chi connectivity index (χ1n) is 11.4. The lowest BCUT2D eigenvalue weighted by Crippen LogP contribution is -2.33. The zero-order valence-corrected chi connectivity index (χ0v) is 18.0. The van der Waals surface area contributed by atoms with Gasteiger partial charge in [-0.3, -0.25) is 0 Å². The third-order valence-corrected chi connectivity index (χ3v) is 6.75. The summed E-state index contributed by atoms with van der Waals surface area (Å²) in [5, 5.41) is 0. The molecule has 0 radical (unpaired) electrons. The van der Waals surface area contributed by atoms with Crippen molar-refractivity contribution < 1.29 is 27.0 Å². The molecule has 4 atom stereocenters. The van der Waals surface area contributed by atoms with E-state index in [9.17, 15) is 17.6 Å². The van der Waals surface area contributed by atoms with E-state index in [4.69, 9.17) is 9.47 Å². The van der Waals surface area contributed by atoms with E-state index < -0.39 is 30.6 Å². The van der Waals surface area contributed by atoms with Gasteiger partial charge in [-0.1, -0.05) is 39.2 Å². The molecule has 2 aliphatic rings. The highest BCUT2D eigenvalue weighted by Gasteiger charge is 2.33. The van der Waals surface area contributed by atoms with E-state index in [1.54, 1.807) is 0 Å². The van der Waals surface area contributed by atoms with Crippen LogP contribution in [0.25, 0.3) is 0 Å². The van der Waals surface area contributed by atoms with Crippen LogP contribution in [0.4, 0.5) is 17.6 Å². The molecule has 1 aromatic rings. The van der Waals surface area contributed by atoms with Gasteiger partial charge >= 0.3 is 0 Å². The topological polar surface area (TPSA) is 18.5 Å². The quantitative estimate of drug-likeness (QED) is 0.417. The third kappa shape index (κ3) is 5.68. The second kappa shape index (κ2) is 10.8. The fraction of sp³-hybridized carbons (Fsp3) is 0.750. The van der Waals surface area contributed by atoms with Gasteiger partial charge in [-0.25, -0.2) is 13.2 Å². The van der Waals surface area contributed by atoms with E-state index in [0.29, 0.717) is 25.4 Å². The van der Waals surface area contributed by atoms with Gasteiger partial charge in [0.2, 0.25) is 5.82 Å². The minimum Gasteiger partial charge on any atom is -0.487 e. The predicted molar refractivity (Wildman–Crippen MR) is 109 cm³/mol.